The van der Waals surface area contributed by atoms with Crippen molar-refractivity contribution >= 4 is 0 Å². The highest BCUT2D eigenvalue weighted by Gasteiger charge is 2.27. The van der Waals surface area contributed by atoms with Gasteiger partial charge in [-0.05, 0) is 12.8 Å². The zero-order valence-electron chi connectivity index (χ0n) is 5.82. The molecule has 10 heavy (non-hydrogen) atoms. The molecule has 1 aromatic rings. The lowest BCUT2D eigenvalue weighted by molar-refractivity contribution is 0.360. The van der Waals surface area contributed by atoms with Crippen LogP contribution in [-0.2, 0) is 0 Å². The summed E-state index contributed by atoms with van der Waals surface area (Å²) in [6, 6.07) is 0.553. The van der Waals surface area contributed by atoms with Gasteiger partial charge in [0.2, 0.25) is 5.88 Å². The number of hydrogen-bond acceptors (Lipinski definition) is 3. The Labute approximate surface area is 58.8 Å². The molecule has 1 saturated carbocycles. The molecule has 1 heterocycles. The van der Waals surface area contributed by atoms with Crippen molar-refractivity contribution in [2.24, 2.45) is 0 Å². The van der Waals surface area contributed by atoms with E-state index in [4.69, 9.17) is 4.74 Å². The lowest BCUT2D eigenvalue weighted by atomic mass is 10.7. The summed E-state index contributed by atoms with van der Waals surface area (Å²) >= 11 is 0. The van der Waals surface area contributed by atoms with Gasteiger partial charge < -0.3 is 4.74 Å². The van der Waals surface area contributed by atoms with Crippen LogP contribution in [0.25, 0.3) is 0 Å². The van der Waals surface area contributed by atoms with E-state index in [1.54, 1.807) is 13.3 Å². The van der Waals surface area contributed by atoms with Crippen LogP contribution in [-0.4, -0.2) is 22.1 Å². The molecule has 1 aliphatic rings. The average molecular weight is 139 g/mol. The maximum absolute atomic E-state index is 5.02. The molecule has 0 spiro atoms. The lowest BCUT2D eigenvalue weighted by Crippen LogP contribution is -1.99. The first-order chi connectivity index (χ1) is 4.92. The largest absolute Gasteiger partial charge is 0.480 e. The number of nitrogens with zero attached hydrogens (tertiary/aromatic N) is 3. The molecule has 0 aromatic carbocycles. The summed E-state index contributed by atoms with van der Waals surface area (Å²) in [5, 5.41) is 7.63. The van der Waals surface area contributed by atoms with Gasteiger partial charge in [0, 0.05) is 0 Å². The second kappa shape index (κ2) is 1.97. The Hall–Kier alpha value is -1.06. The second-order valence-corrected chi connectivity index (χ2v) is 2.45. The van der Waals surface area contributed by atoms with Gasteiger partial charge in [-0.2, -0.15) is 0 Å². The van der Waals surface area contributed by atoms with E-state index in [0.29, 0.717) is 6.04 Å². The Morgan fingerprint density at radius 2 is 2.50 bits per heavy atom. The highest BCUT2D eigenvalue weighted by atomic mass is 16.5. The molecule has 54 valence electrons. The predicted octanol–water partition coefficient (Wildman–Crippen LogP) is 0.622. The maximum Gasteiger partial charge on any atom is 0.232 e. The first kappa shape index (κ1) is 5.70. The smallest absolute Gasteiger partial charge is 0.232 e. The number of rotatable bonds is 2. The molecular formula is C6H9N3O. The van der Waals surface area contributed by atoms with Crippen LogP contribution >= 0.6 is 0 Å². The van der Waals surface area contributed by atoms with Gasteiger partial charge in [0.1, 0.15) is 6.20 Å². The van der Waals surface area contributed by atoms with Crippen molar-refractivity contribution in [1.82, 2.24) is 15.0 Å². The summed E-state index contributed by atoms with van der Waals surface area (Å²) in [6.45, 7) is 0. The minimum Gasteiger partial charge on any atom is -0.480 e. The van der Waals surface area contributed by atoms with Crippen LogP contribution in [0.1, 0.15) is 18.9 Å². The summed E-state index contributed by atoms with van der Waals surface area (Å²) in [5.74, 6) is 0.766. The van der Waals surface area contributed by atoms with Crippen LogP contribution in [0, 0.1) is 0 Å². The standard InChI is InChI=1S/C6H9N3O/c1-10-6-4-7-8-9(6)5-2-3-5/h4-5H,2-3H2,1H3. The van der Waals surface area contributed by atoms with Crippen LogP contribution in [0.4, 0.5) is 0 Å². The summed E-state index contributed by atoms with van der Waals surface area (Å²) in [5.41, 5.74) is 0. The quantitative estimate of drug-likeness (QED) is 0.603. The van der Waals surface area contributed by atoms with Gasteiger partial charge in [-0.1, -0.05) is 5.21 Å². The van der Waals surface area contributed by atoms with Crippen molar-refractivity contribution in [2.45, 2.75) is 18.9 Å². The monoisotopic (exact) mass is 139 g/mol. The average Bonchev–Trinajstić information content (AvgIpc) is 2.69. The summed E-state index contributed by atoms with van der Waals surface area (Å²) in [6.07, 6.45) is 4.05. The highest BCUT2D eigenvalue weighted by Crippen LogP contribution is 2.36. The molecule has 0 N–H and O–H groups in total. The van der Waals surface area contributed by atoms with E-state index in [2.05, 4.69) is 10.3 Å². The Kier molecular flexibility index (Phi) is 1.12. The minimum absolute atomic E-state index is 0.553. The molecule has 4 heteroatoms. The predicted molar refractivity (Wildman–Crippen MR) is 34.8 cm³/mol. The van der Waals surface area contributed by atoms with Gasteiger partial charge in [-0.3, -0.25) is 0 Å². The molecule has 0 unspecified atom stereocenters. The molecule has 1 aromatic heterocycles. The molecule has 4 nitrogen and oxygen atoms in total. The van der Waals surface area contributed by atoms with Crippen LogP contribution < -0.4 is 4.74 Å². The van der Waals surface area contributed by atoms with Gasteiger partial charge in [-0.25, -0.2) is 4.68 Å². The Morgan fingerprint density at radius 1 is 1.70 bits per heavy atom. The molecule has 0 bridgehead atoms. The Morgan fingerprint density at radius 3 is 3.10 bits per heavy atom. The zero-order chi connectivity index (χ0) is 6.97. The van der Waals surface area contributed by atoms with Gasteiger partial charge in [0.25, 0.3) is 0 Å². The third kappa shape index (κ3) is 0.761. The first-order valence-corrected chi connectivity index (χ1v) is 3.36. The van der Waals surface area contributed by atoms with Crippen molar-refractivity contribution in [3.63, 3.8) is 0 Å². The van der Waals surface area contributed by atoms with E-state index in [1.165, 1.54) is 12.8 Å². The highest BCUT2D eigenvalue weighted by molar-refractivity contribution is 5.04. The zero-order valence-corrected chi connectivity index (χ0v) is 5.82. The van der Waals surface area contributed by atoms with Crippen LogP contribution in [0.15, 0.2) is 6.20 Å². The molecule has 1 fully saturated rings. The van der Waals surface area contributed by atoms with E-state index in [-0.39, 0.29) is 0 Å². The summed E-state index contributed by atoms with van der Waals surface area (Å²) < 4.78 is 6.86. The fourth-order valence-electron chi connectivity index (χ4n) is 0.952. The molecular weight excluding hydrogens is 130 g/mol. The van der Waals surface area contributed by atoms with Crippen molar-refractivity contribution in [3.8, 4) is 5.88 Å². The molecule has 1 aliphatic carbocycles. The van der Waals surface area contributed by atoms with Crippen molar-refractivity contribution in [1.29, 1.82) is 0 Å². The van der Waals surface area contributed by atoms with Gasteiger partial charge in [0.15, 0.2) is 0 Å². The molecule has 2 rings (SSSR count). The Bertz CT molecular complexity index is 229. The molecule has 0 amide bonds. The van der Waals surface area contributed by atoms with Crippen molar-refractivity contribution in [3.05, 3.63) is 6.20 Å². The molecule has 0 atom stereocenters. The van der Waals surface area contributed by atoms with Crippen LogP contribution in [0.2, 0.25) is 0 Å². The third-order valence-electron chi connectivity index (χ3n) is 1.64. The van der Waals surface area contributed by atoms with E-state index >= 15 is 0 Å². The van der Waals surface area contributed by atoms with Gasteiger partial charge >= 0.3 is 0 Å². The van der Waals surface area contributed by atoms with E-state index in [1.807, 2.05) is 4.68 Å². The van der Waals surface area contributed by atoms with Crippen LogP contribution in [0.3, 0.4) is 0 Å². The lowest BCUT2D eigenvalue weighted by Gasteiger charge is -1.99. The number of aromatic nitrogens is 3. The molecule has 0 aliphatic heterocycles. The number of ether oxygens (including phenoxy) is 1. The van der Waals surface area contributed by atoms with Crippen molar-refractivity contribution in [2.75, 3.05) is 7.11 Å². The number of methoxy groups -OCH3 is 1. The van der Waals surface area contributed by atoms with Crippen molar-refractivity contribution < 1.29 is 4.74 Å². The molecule has 0 radical (unpaired) electrons. The minimum atomic E-state index is 0.553. The topological polar surface area (TPSA) is 39.9 Å². The van der Waals surface area contributed by atoms with Crippen LogP contribution in [0.5, 0.6) is 5.88 Å². The SMILES string of the molecule is COc1cnnn1C1CC1. The number of hydrogen-bond donors (Lipinski definition) is 0. The van der Waals surface area contributed by atoms with E-state index in [0.717, 1.165) is 5.88 Å². The van der Waals surface area contributed by atoms with E-state index < -0.39 is 0 Å². The first-order valence-electron chi connectivity index (χ1n) is 3.36. The fourth-order valence-corrected chi connectivity index (χ4v) is 0.952. The Balaban J connectivity index is 2.28. The van der Waals surface area contributed by atoms with Gasteiger partial charge in [-0.15, -0.1) is 5.10 Å². The van der Waals surface area contributed by atoms with Gasteiger partial charge in [0.05, 0.1) is 13.2 Å². The van der Waals surface area contributed by atoms with E-state index in [9.17, 15) is 0 Å². The maximum atomic E-state index is 5.02. The summed E-state index contributed by atoms with van der Waals surface area (Å²) in [7, 11) is 1.64. The fraction of sp³-hybridized carbons (Fsp3) is 0.667. The molecule has 0 saturated heterocycles. The third-order valence-corrected chi connectivity index (χ3v) is 1.64. The normalized spacial score (nSPS) is 17.3. The second-order valence-electron chi connectivity index (χ2n) is 2.45. The summed E-state index contributed by atoms with van der Waals surface area (Å²) in [4.78, 5) is 0.